The van der Waals surface area contributed by atoms with Gasteiger partial charge in [0, 0.05) is 19.3 Å². The molecule has 0 unspecified atom stereocenters. The zero-order valence-electron chi connectivity index (χ0n) is 13.0. The third kappa shape index (κ3) is 3.94. The molecule has 0 radical (unpaired) electrons. The standard InChI is InChI=1S/C14H19N5O3/c1-14(2,3)22-13(21)18(4)9-12(20)17-11-5-7-15-10-6-8-16-19(10)11/h5-8H,9H2,1-4H3,(H,17,20). The average Bonchev–Trinajstić information content (AvgIpc) is 2.85. The number of ether oxygens (including phenoxy) is 1. The molecule has 8 nitrogen and oxygen atoms in total. The molecule has 0 aliphatic heterocycles. The minimum atomic E-state index is -0.603. The van der Waals surface area contributed by atoms with Crippen LogP contribution in [-0.2, 0) is 9.53 Å². The Hall–Kier alpha value is -2.64. The lowest BCUT2D eigenvalue weighted by molar-refractivity contribution is -0.117. The number of hydrogen-bond donors (Lipinski definition) is 1. The van der Waals surface area contributed by atoms with Gasteiger partial charge in [-0.3, -0.25) is 4.79 Å². The monoisotopic (exact) mass is 305 g/mol. The second kappa shape index (κ2) is 6.00. The van der Waals surface area contributed by atoms with Crippen molar-refractivity contribution in [1.29, 1.82) is 0 Å². The van der Waals surface area contributed by atoms with Gasteiger partial charge in [-0.25, -0.2) is 9.78 Å². The van der Waals surface area contributed by atoms with E-state index in [1.807, 2.05) is 0 Å². The van der Waals surface area contributed by atoms with Crippen molar-refractivity contribution in [2.24, 2.45) is 0 Å². The first kappa shape index (κ1) is 15.7. The average molecular weight is 305 g/mol. The van der Waals surface area contributed by atoms with Gasteiger partial charge < -0.3 is 15.0 Å². The first-order chi connectivity index (χ1) is 10.3. The highest BCUT2D eigenvalue weighted by molar-refractivity contribution is 5.93. The fraction of sp³-hybridized carbons (Fsp3) is 0.429. The molecule has 1 N–H and O–H groups in total. The topological polar surface area (TPSA) is 88.8 Å². The van der Waals surface area contributed by atoms with Gasteiger partial charge in [0.05, 0.1) is 6.20 Å². The molecule has 0 saturated carbocycles. The van der Waals surface area contributed by atoms with Crippen LogP contribution in [0.4, 0.5) is 10.6 Å². The van der Waals surface area contributed by atoms with Crippen molar-refractivity contribution in [3.05, 3.63) is 24.5 Å². The van der Waals surface area contributed by atoms with Crippen LogP contribution in [0.3, 0.4) is 0 Å². The van der Waals surface area contributed by atoms with E-state index in [0.717, 1.165) is 0 Å². The summed E-state index contributed by atoms with van der Waals surface area (Å²) in [5.74, 6) is 0.133. The maximum atomic E-state index is 12.0. The fourth-order valence-corrected chi connectivity index (χ4v) is 1.73. The Kier molecular flexibility index (Phi) is 4.30. The predicted molar refractivity (Wildman–Crippen MR) is 80.5 cm³/mol. The molecular weight excluding hydrogens is 286 g/mol. The van der Waals surface area contributed by atoms with E-state index in [-0.39, 0.29) is 12.5 Å². The molecule has 0 saturated heterocycles. The van der Waals surface area contributed by atoms with Crippen molar-refractivity contribution in [1.82, 2.24) is 19.5 Å². The van der Waals surface area contributed by atoms with Crippen LogP contribution in [0.15, 0.2) is 24.5 Å². The van der Waals surface area contributed by atoms with Crippen molar-refractivity contribution in [2.45, 2.75) is 26.4 Å². The summed E-state index contributed by atoms with van der Waals surface area (Å²) in [5, 5.41) is 6.76. The lowest BCUT2D eigenvalue weighted by atomic mass is 10.2. The van der Waals surface area contributed by atoms with Crippen LogP contribution in [-0.4, -0.2) is 50.7 Å². The van der Waals surface area contributed by atoms with E-state index in [9.17, 15) is 9.59 Å². The van der Waals surface area contributed by atoms with Gasteiger partial charge in [-0.15, -0.1) is 0 Å². The lowest BCUT2D eigenvalue weighted by Crippen LogP contribution is -2.39. The van der Waals surface area contributed by atoms with Gasteiger partial charge in [0.15, 0.2) is 5.65 Å². The van der Waals surface area contributed by atoms with Crippen LogP contribution in [0.5, 0.6) is 0 Å². The molecule has 2 aromatic heterocycles. The summed E-state index contributed by atoms with van der Waals surface area (Å²) in [7, 11) is 1.50. The second-order valence-electron chi connectivity index (χ2n) is 5.82. The number of rotatable bonds is 3. The molecule has 0 spiro atoms. The summed E-state index contributed by atoms with van der Waals surface area (Å²) >= 11 is 0. The molecule has 0 aliphatic carbocycles. The highest BCUT2D eigenvalue weighted by Crippen LogP contribution is 2.10. The van der Waals surface area contributed by atoms with E-state index in [0.29, 0.717) is 11.5 Å². The normalized spacial score (nSPS) is 11.3. The summed E-state index contributed by atoms with van der Waals surface area (Å²) in [4.78, 5) is 29.2. The van der Waals surface area contributed by atoms with E-state index in [2.05, 4.69) is 15.4 Å². The summed E-state index contributed by atoms with van der Waals surface area (Å²) in [6, 6.07) is 3.36. The second-order valence-corrected chi connectivity index (χ2v) is 5.82. The number of anilines is 1. The Morgan fingerprint density at radius 3 is 2.73 bits per heavy atom. The van der Waals surface area contributed by atoms with Gasteiger partial charge in [-0.1, -0.05) is 0 Å². The van der Waals surface area contributed by atoms with E-state index in [1.54, 1.807) is 45.3 Å². The Labute approximate surface area is 128 Å². The number of fused-ring (bicyclic) bond motifs is 1. The van der Waals surface area contributed by atoms with Gasteiger partial charge in [0.2, 0.25) is 5.91 Å². The molecule has 0 aliphatic rings. The predicted octanol–water partition coefficient (Wildman–Crippen LogP) is 1.53. The minimum absolute atomic E-state index is 0.125. The summed E-state index contributed by atoms with van der Waals surface area (Å²) < 4.78 is 6.69. The summed E-state index contributed by atoms with van der Waals surface area (Å²) in [6.07, 6.45) is 2.61. The van der Waals surface area contributed by atoms with Crippen molar-refractivity contribution < 1.29 is 14.3 Å². The van der Waals surface area contributed by atoms with Crippen LogP contribution in [0, 0.1) is 0 Å². The maximum Gasteiger partial charge on any atom is 0.410 e. The molecule has 0 bridgehead atoms. The first-order valence-corrected chi connectivity index (χ1v) is 6.79. The van der Waals surface area contributed by atoms with Gasteiger partial charge in [-0.2, -0.15) is 9.61 Å². The molecule has 118 valence electrons. The van der Waals surface area contributed by atoms with Crippen LogP contribution >= 0.6 is 0 Å². The lowest BCUT2D eigenvalue weighted by Gasteiger charge is -2.24. The zero-order valence-corrected chi connectivity index (χ0v) is 13.0. The maximum absolute atomic E-state index is 12.0. The number of carbonyl (C=O) groups is 2. The Balaban J connectivity index is 1.98. The number of likely N-dealkylation sites (N-methyl/N-ethyl adjacent to an activating group) is 1. The molecule has 2 rings (SSSR count). The van der Waals surface area contributed by atoms with Crippen LogP contribution in [0.25, 0.3) is 5.65 Å². The fourth-order valence-electron chi connectivity index (χ4n) is 1.73. The van der Waals surface area contributed by atoms with Crippen LogP contribution in [0.2, 0.25) is 0 Å². The highest BCUT2D eigenvalue weighted by atomic mass is 16.6. The molecule has 22 heavy (non-hydrogen) atoms. The summed E-state index contributed by atoms with van der Waals surface area (Å²) in [6.45, 7) is 5.18. The van der Waals surface area contributed by atoms with Crippen molar-refractivity contribution in [2.75, 3.05) is 18.9 Å². The molecule has 8 heteroatoms. The first-order valence-electron chi connectivity index (χ1n) is 6.79. The Morgan fingerprint density at radius 2 is 2.05 bits per heavy atom. The van der Waals surface area contributed by atoms with E-state index >= 15 is 0 Å². The Morgan fingerprint density at radius 1 is 1.32 bits per heavy atom. The van der Waals surface area contributed by atoms with Crippen molar-refractivity contribution in [3.63, 3.8) is 0 Å². The third-order valence-corrected chi connectivity index (χ3v) is 2.64. The third-order valence-electron chi connectivity index (χ3n) is 2.64. The van der Waals surface area contributed by atoms with E-state index in [4.69, 9.17) is 4.74 Å². The van der Waals surface area contributed by atoms with Crippen molar-refractivity contribution >= 4 is 23.5 Å². The van der Waals surface area contributed by atoms with E-state index < -0.39 is 11.7 Å². The van der Waals surface area contributed by atoms with Crippen molar-refractivity contribution in [3.8, 4) is 0 Å². The van der Waals surface area contributed by atoms with Gasteiger partial charge in [0.25, 0.3) is 0 Å². The number of amides is 2. The number of nitrogens with one attached hydrogen (secondary N) is 1. The molecule has 0 aromatic carbocycles. The molecule has 2 heterocycles. The number of nitrogens with zero attached hydrogens (tertiary/aromatic N) is 4. The SMILES string of the molecule is CN(CC(=O)Nc1ccnc2ccnn12)C(=O)OC(C)(C)C. The van der Waals surface area contributed by atoms with Gasteiger partial charge >= 0.3 is 6.09 Å². The largest absolute Gasteiger partial charge is 0.444 e. The Bertz CT molecular complexity index is 689. The van der Waals surface area contributed by atoms with Crippen LogP contribution < -0.4 is 5.32 Å². The number of carbonyl (C=O) groups excluding carboxylic acids is 2. The smallest absolute Gasteiger partial charge is 0.410 e. The molecular formula is C14H19N5O3. The van der Waals surface area contributed by atoms with Gasteiger partial charge in [0.1, 0.15) is 18.0 Å². The number of aromatic nitrogens is 3. The minimum Gasteiger partial charge on any atom is -0.444 e. The molecule has 0 atom stereocenters. The molecule has 2 amide bonds. The quantitative estimate of drug-likeness (QED) is 0.929. The molecule has 2 aromatic rings. The van der Waals surface area contributed by atoms with E-state index in [1.165, 1.54) is 16.5 Å². The summed E-state index contributed by atoms with van der Waals surface area (Å²) in [5.41, 5.74) is 0.0204. The number of hydrogen-bond acceptors (Lipinski definition) is 5. The highest BCUT2D eigenvalue weighted by Gasteiger charge is 2.21. The van der Waals surface area contributed by atoms with Crippen LogP contribution in [0.1, 0.15) is 20.8 Å². The van der Waals surface area contributed by atoms with Gasteiger partial charge in [-0.05, 0) is 26.8 Å². The molecule has 0 fully saturated rings. The zero-order chi connectivity index (χ0) is 16.3.